The molecule has 1 rings (SSSR count). The molecule has 20 heavy (non-hydrogen) atoms. The van der Waals surface area contributed by atoms with E-state index in [1.807, 2.05) is 13.8 Å². The van der Waals surface area contributed by atoms with Crippen LogP contribution in [0.1, 0.15) is 25.1 Å². The zero-order valence-corrected chi connectivity index (χ0v) is 12.6. The molecule has 0 aliphatic heterocycles. The summed E-state index contributed by atoms with van der Waals surface area (Å²) in [6.07, 6.45) is 0.180. The Hall–Kier alpha value is -1.46. The van der Waals surface area contributed by atoms with Gasteiger partial charge in [-0.15, -0.1) is 0 Å². The van der Waals surface area contributed by atoms with Crippen LogP contribution in [-0.2, 0) is 16.1 Å². The van der Waals surface area contributed by atoms with E-state index in [4.69, 9.17) is 9.44 Å². The lowest BCUT2D eigenvalue weighted by atomic mass is 10.3. The molecule has 1 unspecified atom stereocenters. The molecule has 8 heteroatoms. The maximum Gasteiger partial charge on any atom is 0.433 e. The molecule has 114 valence electrons. The van der Waals surface area contributed by atoms with Gasteiger partial charge in [-0.1, -0.05) is 30.4 Å². The molecule has 0 bridgehead atoms. The first kappa shape index (κ1) is 18.5. The van der Waals surface area contributed by atoms with Crippen LogP contribution in [0.3, 0.4) is 0 Å². The largest absolute Gasteiger partial charge is 0.433 e. The summed E-state index contributed by atoms with van der Waals surface area (Å²) in [5, 5.41) is 8.58. The van der Waals surface area contributed by atoms with Gasteiger partial charge >= 0.3 is 6.18 Å². The van der Waals surface area contributed by atoms with Crippen LogP contribution in [0.4, 0.5) is 13.2 Å². The molecule has 1 aromatic heterocycles. The maximum atomic E-state index is 12.3. The molecular weight excluding hydrogens is 291 g/mol. The minimum Gasteiger partial charge on any atom is -0.321 e. The van der Waals surface area contributed by atoms with Crippen molar-refractivity contribution in [3.05, 3.63) is 29.6 Å². The second kappa shape index (κ2) is 7.97. The van der Waals surface area contributed by atoms with Gasteiger partial charge in [-0.25, -0.2) is 0 Å². The molecule has 0 fully saturated rings. The number of nitrogens with zero attached hydrogens (tertiary/aromatic N) is 2. The molecule has 0 saturated carbocycles. The maximum absolute atomic E-state index is 12.3. The molecule has 1 heterocycles. The van der Waals surface area contributed by atoms with Gasteiger partial charge in [0.2, 0.25) is 0 Å². The molecule has 0 amide bonds. The summed E-state index contributed by atoms with van der Waals surface area (Å²) in [5.41, 5.74) is -0.362. The van der Waals surface area contributed by atoms with E-state index in [9.17, 15) is 13.2 Å². The number of aromatic nitrogens is 1. The smallest absolute Gasteiger partial charge is 0.321 e. The van der Waals surface area contributed by atoms with Gasteiger partial charge in [-0.05, 0) is 11.6 Å². The summed E-state index contributed by atoms with van der Waals surface area (Å²) >= 11 is 0. The van der Waals surface area contributed by atoms with Crippen LogP contribution in [0.5, 0.6) is 0 Å². The zero-order chi connectivity index (χ0) is 15.8. The predicted molar refractivity (Wildman–Crippen MR) is 73.6 cm³/mol. The van der Waals surface area contributed by atoms with Gasteiger partial charge in [0.05, 0.1) is 7.11 Å². The van der Waals surface area contributed by atoms with E-state index in [1.54, 1.807) is 12.4 Å². The van der Waals surface area contributed by atoms with Crippen LogP contribution in [0, 0.1) is 11.5 Å². The monoisotopic (exact) mass is 309 g/mol. The van der Waals surface area contributed by atoms with E-state index in [2.05, 4.69) is 9.71 Å². The van der Waals surface area contributed by atoms with Crippen molar-refractivity contribution in [1.82, 2.24) is 9.71 Å². The van der Waals surface area contributed by atoms with E-state index in [1.165, 1.54) is 13.2 Å². The topological polar surface area (TPSA) is 57.9 Å². The minimum atomic E-state index is -4.44. The summed E-state index contributed by atoms with van der Waals surface area (Å²) < 4.78 is 44.6. The fourth-order valence-corrected chi connectivity index (χ4v) is 2.50. The SMILES string of the molecule is CC.COS(C)(Cc1ccc(C(F)(F)F)nc1)NC#N. The first-order valence-corrected chi connectivity index (χ1v) is 7.94. The van der Waals surface area contributed by atoms with Gasteiger partial charge in [-0.2, -0.15) is 18.4 Å². The third-order valence-corrected chi connectivity index (χ3v) is 4.33. The molecular formula is C12H18F3N3OS. The normalized spacial score (nSPS) is 15.1. The van der Waals surface area contributed by atoms with Gasteiger partial charge in [0.15, 0.2) is 6.19 Å². The average molecular weight is 309 g/mol. The van der Waals surface area contributed by atoms with Crippen LogP contribution in [-0.4, -0.2) is 18.3 Å². The molecule has 0 aromatic carbocycles. The number of alkyl halides is 3. The van der Waals surface area contributed by atoms with Crippen molar-refractivity contribution < 1.29 is 17.4 Å². The van der Waals surface area contributed by atoms with Gasteiger partial charge in [-0.3, -0.25) is 9.71 Å². The quantitative estimate of drug-likeness (QED) is 0.682. The Balaban J connectivity index is 0.00000172. The Morgan fingerprint density at radius 2 is 2.00 bits per heavy atom. The number of rotatable bonds is 4. The highest BCUT2D eigenvalue weighted by Crippen LogP contribution is 2.43. The second-order valence-electron chi connectivity index (χ2n) is 3.58. The Morgan fingerprint density at radius 1 is 1.40 bits per heavy atom. The van der Waals surface area contributed by atoms with Crippen LogP contribution in [0.25, 0.3) is 0 Å². The molecule has 1 aromatic rings. The first-order chi connectivity index (χ1) is 9.30. The van der Waals surface area contributed by atoms with Crippen LogP contribution in [0.2, 0.25) is 0 Å². The first-order valence-electron chi connectivity index (χ1n) is 5.80. The van der Waals surface area contributed by atoms with Crippen molar-refractivity contribution in [2.24, 2.45) is 0 Å². The van der Waals surface area contributed by atoms with Gasteiger partial charge in [0.25, 0.3) is 0 Å². The van der Waals surface area contributed by atoms with Crippen molar-refractivity contribution in [1.29, 1.82) is 5.26 Å². The number of nitriles is 1. The Bertz CT molecular complexity index is 445. The van der Waals surface area contributed by atoms with Crippen molar-refractivity contribution in [3.8, 4) is 6.19 Å². The van der Waals surface area contributed by atoms with E-state index in [0.29, 0.717) is 11.3 Å². The van der Waals surface area contributed by atoms with Crippen LogP contribution in [0.15, 0.2) is 18.3 Å². The zero-order valence-electron chi connectivity index (χ0n) is 11.8. The molecule has 0 radical (unpaired) electrons. The highest BCUT2D eigenvalue weighted by atomic mass is 32.3. The van der Waals surface area contributed by atoms with Gasteiger partial charge in [0.1, 0.15) is 5.69 Å². The molecule has 0 saturated heterocycles. The van der Waals surface area contributed by atoms with E-state index in [-0.39, 0.29) is 0 Å². The van der Waals surface area contributed by atoms with Crippen molar-refractivity contribution >= 4 is 10.5 Å². The summed E-state index contributed by atoms with van der Waals surface area (Å²) in [6.45, 7) is 4.00. The summed E-state index contributed by atoms with van der Waals surface area (Å²) in [7, 11) is -0.419. The Labute approximate surface area is 118 Å². The molecule has 0 aliphatic rings. The summed E-state index contributed by atoms with van der Waals surface area (Å²) in [5.74, 6) is 0.308. The van der Waals surface area contributed by atoms with E-state index in [0.717, 1.165) is 12.3 Å². The van der Waals surface area contributed by atoms with E-state index < -0.39 is 22.4 Å². The fraction of sp³-hybridized carbons (Fsp3) is 0.500. The third kappa shape index (κ3) is 5.67. The number of halogens is 3. The molecule has 1 N–H and O–H groups in total. The fourth-order valence-electron chi connectivity index (χ4n) is 1.23. The third-order valence-electron chi connectivity index (χ3n) is 2.19. The second-order valence-corrected chi connectivity index (χ2v) is 6.42. The minimum absolute atomic E-state index is 0.308. The van der Waals surface area contributed by atoms with Crippen molar-refractivity contribution in [2.45, 2.75) is 25.8 Å². The lowest BCUT2D eigenvalue weighted by Gasteiger charge is -2.31. The summed E-state index contributed by atoms with van der Waals surface area (Å²) in [4.78, 5) is 3.35. The lowest BCUT2D eigenvalue weighted by molar-refractivity contribution is -0.141. The van der Waals surface area contributed by atoms with E-state index >= 15 is 0 Å². The molecule has 1 atom stereocenters. The summed E-state index contributed by atoms with van der Waals surface area (Å²) in [6, 6.07) is 2.25. The number of pyridine rings is 1. The van der Waals surface area contributed by atoms with Crippen molar-refractivity contribution in [3.63, 3.8) is 0 Å². The van der Waals surface area contributed by atoms with Crippen molar-refractivity contribution in [2.75, 3.05) is 13.4 Å². The number of nitrogens with one attached hydrogen (secondary N) is 1. The predicted octanol–water partition coefficient (Wildman–Crippen LogP) is 3.61. The van der Waals surface area contributed by atoms with Crippen LogP contribution < -0.4 is 4.72 Å². The number of hydrogen-bond acceptors (Lipinski definition) is 4. The molecule has 0 aliphatic carbocycles. The molecule has 0 spiro atoms. The molecule has 4 nitrogen and oxygen atoms in total. The van der Waals surface area contributed by atoms with Gasteiger partial charge in [0, 0.05) is 18.2 Å². The highest BCUT2D eigenvalue weighted by molar-refractivity contribution is 8.27. The Kier molecular flexibility index (Phi) is 7.39. The number of hydrogen-bond donors (Lipinski definition) is 1. The highest BCUT2D eigenvalue weighted by Gasteiger charge is 2.32. The Morgan fingerprint density at radius 3 is 2.35 bits per heavy atom. The average Bonchev–Trinajstić information content (AvgIpc) is 2.41. The standard InChI is InChI=1S/C10H12F3N3OS.C2H6/c1-17-18(2,16-7-14)6-8-3-4-9(15-5-8)10(11,12)13;1-2/h3-5,16H,6H2,1-2H3;1-2H3. The van der Waals surface area contributed by atoms with Gasteiger partial charge < -0.3 is 4.18 Å². The lowest BCUT2D eigenvalue weighted by Crippen LogP contribution is -2.18. The van der Waals surface area contributed by atoms with Crippen LogP contribution >= 0.6 is 10.5 Å².